The van der Waals surface area contributed by atoms with Crippen molar-refractivity contribution in [2.45, 2.75) is 168 Å². The minimum atomic E-state index is -1.28. The summed E-state index contributed by atoms with van der Waals surface area (Å²) in [4.78, 5) is 67.3. The number of nitrogens with zero attached hydrogens (tertiary/aromatic N) is 7. The Kier molecular flexibility index (Phi) is 23.5. The molecule has 5 N–H and O–H groups in total. The van der Waals surface area contributed by atoms with Crippen LogP contribution in [0.5, 0.6) is 0 Å². The number of likely N-dealkylation sites (tertiary alicyclic amines) is 1. The van der Waals surface area contributed by atoms with Crippen LogP contribution in [0.25, 0.3) is 0 Å². The third kappa shape index (κ3) is 15.8. The molecular formula is C52H85N9O9S. The molecule has 3 aromatic rings. The Morgan fingerprint density at radius 2 is 1.61 bits per heavy atom. The molecule has 2 aromatic heterocycles. The molecular weight excluding hydrogens is 927 g/mol. The van der Waals surface area contributed by atoms with Gasteiger partial charge in [0.2, 0.25) is 23.6 Å². The van der Waals surface area contributed by atoms with E-state index in [9.17, 15) is 34.5 Å². The summed E-state index contributed by atoms with van der Waals surface area (Å²) in [5.41, 5.74) is 1.74. The van der Waals surface area contributed by atoms with E-state index >= 15 is 0 Å². The van der Waals surface area contributed by atoms with Crippen LogP contribution in [0.1, 0.15) is 110 Å². The van der Waals surface area contributed by atoms with Gasteiger partial charge in [0, 0.05) is 58.0 Å². The van der Waals surface area contributed by atoms with Crippen molar-refractivity contribution in [1.82, 2.24) is 45.3 Å². The van der Waals surface area contributed by atoms with Gasteiger partial charge in [-0.2, -0.15) is 0 Å². The number of aliphatic hydroxyl groups is 3. The average Bonchev–Trinajstić information content (AvgIpc) is 4.14. The van der Waals surface area contributed by atoms with Crippen molar-refractivity contribution in [2.75, 3.05) is 41.4 Å². The first kappa shape index (κ1) is 59.2. The normalized spacial score (nSPS) is 19.3. The van der Waals surface area contributed by atoms with Gasteiger partial charge in [-0.25, -0.2) is 9.67 Å². The van der Waals surface area contributed by atoms with Gasteiger partial charge in [0.1, 0.15) is 11.0 Å². The number of carbonyl (C=O) groups excluding carboxylic acids is 4. The number of amides is 4. The maximum Gasteiger partial charge on any atom is 0.245 e. The highest BCUT2D eigenvalue weighted by Crippen LogP contribution is 2.31. The summed E-state index contributed by atoms with van der Waals surface area (Å²) in [5, 5.41) is 50.3. The van der Waals surface area contributed by atoms with E-state index in [4.69, 9.17) is 9.47 Å². The topological polar surface area (TPSA) is 225 Å². The fourth-order valence-corrected chi connectivity index (χ4v) is 11.1. The minimum absolute atomic E-state index is 0.00278. The number of aryl methyl sites for hydroxylation is 1. The number of aromatic nitrogens is 4. The smallest absolute Gasteiger partial charge is 0.245 e. The first-order valence-corrected chi connectivity index (χ1v) is 26.3. The molecule has 1 saturated heterocycles. The van der Waals surface area contributed by atoms with E-state index in [0.717, 1.165) is 17.0 Å². The van der Waals surface area contributed by atoms with E-state index in [-0.39, 0.29) is 67.1 Å². The van der Waals surface area contributed by atoms with Crippen molar-refractivity contribution in [3.05, 3.63) is 64.4 Å². The molecule has 0 saturated carbocycles. The lowest BCUT2D eigenvalue weighted by Crippen LogP contribution is -2.60. The maximum atomic E-state index is 14.7. The lowest BCUT2D eigenvalue weighted by atomic mass is 9.88. The molecule has 0 spiro atoms. The lowest BCUT2D eigenvalue weighted by Gasteiger charge is -2.41. The number of methoxy groups -OCH3 is 2. The van der Waals surface area contributed by atoms with E-state index < -0.39 is 66.4 Å². The third-order valence-corrected chi connectivity index (χ3v) is 15.4. The van der Waals surface area contributed by atoms with E-state index in [1.807, 2.05) is 96.0 Å². The summed E-state index contributed by atoms with van der Waals surface area (Å²) in [7, 11) is 6.55. The van der Waals surface area contributed by atoms with Gasteiger partial charge in [0.25, 0.3) is 0 Å². The van der Waals surface area contributed by atoms with Crippen LogP contribution in [-0.2, 0) is 41.6 Å². The molecule has 0 radical (unpaired) electrons. The van der Waals surface area contributed by atoms with Crippen molar-refractivity contribution >= 4 is 35.0 Å². The lowest BCUT2D eigenvalue weighted by molar-refractivity contribution is -0.148. The molecule has 4 rings (SSSR count). The molecule has 4 amide bonds. The van der Waals surface area contributed by atoms with Gasteiger partial charge >= 0.3 is 0 Å². The van der Waals surface area contributed by atoms with Crippen molar-refractivity contribution in [1.29, 1.82) is 0 Å². The summed E-state index contributed by atoms with van der Waals surface area (Å²) in [6.45, 7) is 17.5. The molecule has 13 atom stereocenters. The number of rotatable bonds is 29. The average molecular weight is 1010 g/mol. The first-order chi connectivity index (χ1) is 33.7. The quantitative estimate of drug-likeness (QED) is 0.0657. The van der Waals surface area contributed by atoms with Gasteiger partial charge in [-0.05, 0) is 63.0 Å². The molecule has 71 heavy (non-hydrogen) atoms. The molecule has 1 fully saturated rings. The molecule has 0 aliphatic carbocycles. The highest BCUT2D eigenvalue weighted by molar-refractivity contribution is 7.09. The minimum Gasteiger partial charge on any atom is -0.391 e. The number of hydrogen-bond donors (Lipinski definition) is 5. The first-order valence-electron chi connectivity index (χ1n) is 25.5. The van der Waals surface area contributed by atoms with Crippen LogP contribution < -0.4 is 10.6 Å². The van der Waals surface area contributed by atoms with Crippen molar-refractivity contribution in [3.8, 4) is 0 Å². The van der Waals surface area contributed by atoms with Crippen LogP contribution in [0.15, 0.2) is 48.1 Å². The Balaban J connectivity index is 1.46. The van der Waals surface area contributed by atoms with Gasteiger partial charge in [0.05, 0.1) is 79.3 Å². The monoisotopic (exact) mass is 1010 g/mol. The largest absolute Gasteiger partial charge is 0.391 e. The molecule has 1 aliphatic heterocycles. The van der Waals surface area contributed by atoms with Gasteiger partial charge in [-0.15, -0.1) is 16.4 Å². The zero-order valence-electron chi connectivity index (χ0n) is 44.5. The fraction of sp³-hybridized carbons (Fsp3) is 0.712. The van der Waals surface area contributed by atoms with Crippen LogP contribution >= 0.6 is 11.3 Å². The molecule has 1 aromatic carbocycles. The number of likely N-dealkylation sites (N-methyl/N-ethyl adjacent to an activating group) is 2. The second-order valence-electron chi connectivity index (χ2n) is 20.3. The van der Waals surface area contributed by atoms with Crippen molar-refractivity contribution in [3.63, 3.8) is 0 Å². The number of aliphatic hydroxyl groups excluding tert-OH is 3. The number of hydrogen-bond acceptors (Lipinski definition) is 14. The Bertz CT molecular complexity index is 2080. The summed E-state index contributed by atoms with van der Waals surface area (Å²) >= 11 is 1.49. The maximum absolute atomic E-state index is 14.7. The zero-order valence-corrected chi connectivity index (χ0v) is 45.3. The summed E-state index contributed by atoms with van der Waals surface area (Å²) in [6, 6.07) is 7.00. The highest BCUT2D eigenvalue weighted by Gasteiger charge is 2.44. The van der Waals surface area contributed by atoms with E-state index in [1.165, 1.54) is 16.0 Å². The van der Waals surface area contributed by atoms with Crippen LogP contribution in [0.4, 0.5) is 0 Å². The predicted octanol–water partition coefficient (Wildman–Crippen LogP) is 4.27. The molecule has 3 heterocycles. The number of thiazole rings is 1. The second-order valence-corrected chi connectivity index (χ2v) is 21.3. The van der Waals surface area contributed by atoms with E-state index in [1.54, 1.807) is 57.4 Å². The van der Waals surface area contributed by atoms with Crippen molar-refractivity contribution < 1.29 is 44.0 Å². The fourth-order valence-electron chi connectivity index (χ4n) is 10.4. The van der Waals surface area contributed by atoms with Gasteiger partial charge in [-0.1, -0.05) is 97.4 Å². The SMILES string of the molecule is CCC(C)C(C(CC(=O)N1CCCC1C(OC)C(C)C(=O)NC(Cc1ccccc1)c1nccs1)OC)N(C)C(=O)C(NC(=O)C(C(C)C)N(C)CC(O)C(CC)C(O)C(O)Cn1cc(C)nn1)C(C)C. The summed E-state index contributed by atoms with van der Waals surface area (Å²) < 4.78 is 13.6. The Hall–Kier alpha value is -4.37. The number of benzene rings is 1. The standard InChI is InChI=1S/C52H85N9O9S/c1-14-33(7)46(42(69-12)27-43(64)61-24-19-22-39(61)48(70-13)35(9)49(66)54-38(51-53-23-25-71-51)26-36-20-17-16-18-21-36)59(11)52(68)44(31(3)4)55-50(67)45(32(5)6)58(10)29-40(62)37(15-2)47(65)41(63)30-60-28-34(8)56-57-60/h16-18,20-21,23,25,28,31-33,35,37-42,44-48,62-63,65H,14-15,19,22,24,26-27,29-30H2,1-13H3,(H,54,66)(H,55,67). The number of carbonyl (C=O) groups is 4. The molecule has 0 bridgehead atoms. The predicted molar refractivity (Wildman–Crippen MR) is 274 cm³/mol. The second kappa shape index (κ2) is 28.2. The third-order valence-electron chi connectivity index (χ3n) is 14.5. The van der Waals surface area contributed by atoms with Gasteiger partial charge in [-0.3, -0.25) is 24.1 Å². The van der Waals surface area contributed by atoms with Gasteiger partial charge < -0.3 is 45.2 Å². The van der Waals surface area contributed by atoms with E-state index in [0.29, 0.717) is 37.9 Å². The number of nitrogens with one attached hydrogen (secondary N) is 2. The van der Waals surface area contributed by atoms with Crippen molar-refractivity contribution in [2.24, 2.45) is 29.6 Å². The van der Waals surface area contributed by atoms with Gasteiger partial charge in [0.15, 0.2) is 0 Å². The zero-order chi connectivity index (χ0) is 52.7. The Morgan fingerprint density at radius 1 is 0.915 bits per heavy atom. The van der Waals surface area contributed by atoms with Crippen LogP contribution in [0.2, 0.25) is 0 Å². The molecule has 13 unspecified atom stereocenters. The van der Waals surface area contributed by atoms with Crippen LogP contribution in [0.3, 0.4) is 0 Å². The van der Waals surface area contributed by atoms with Crippen LogP contribution in [-0.4, -0.2) is 170 Å². The molecule has 1 aliphatic rings. The Labute approximate surface area is 426 Å². The Morgan fingerprint density at radius 3 is 2.15 bits per heavy atom. The molecule has 398 valence electrons. The van der Waals surface area contributed by atoms with Crippen LogP contribution in [0, 0.1) is 36.5 Å². The molecule has 18 nitrogen and oxygen atoms in total. The number of ether oxygens (including phenoxy) is 2. The van der Waals surface area contributed by atoms with E-state index in [2.05, 4.69) is 25.9 Å². The summed E-state index contributed by atoms with van der Waals surface area (Å²) in [6.07, 6.45) is 1.48. The highest BCUT2D eigenvalue weighted by atomic mass is 32.1. The molecule has 19 heteroatoms. The summed E-state index contributed by atoms with van der Waals surface area (Å²) in [5.74, 6) is -3.05.